The summed E-state index contributed by atoms with van der Waals surface area (Å²) in [5.74, 6) is -0.904. The molecule has 0 aliphatic carbocycles. The number of nitrogens with one attached hydrogen (secondary N) is 1. The number of hydrogen-bond donors (Lipinski definition) is 1. The molecule has 5 nitrogen and oxygen atoms in total. The van der Waals surface area contributed by atoms with Crippen molar-refractivity contribution in [1.82, 2.24) is 4.98 Å². The number of nitrogens with zero attached hydrogens (tertiary/aromatic N) is 2. The van der Waals surface area contributed by atoms with E-state index in [1.54, 1.807) is 30.3 Å². The molecule has 0 aliphatic heterocycles. The van der Waals surface area contributed by atoms with Crippen molar-refractivity contribution in [2.24, 2.45) is 0 Å². The van der Waals surface area contributed by atoms with Gasteiger partial charge >= 0.3 is 0 Å². The Hall–Kier alpha value is -3.39. The van der Waals surface area contributed by atoms with Crippen LogP contribution in [0.15, 0.2) is 60.7 Å². The number of para-hydroxylation sites is 3. The van der Waals surface area contributed by atoms with Gasteiger partial charge in [0.2, 0.25) is 5.91 Å². The average Bonchev–Trinajstić information content (AvgIpc) is 2.62. The highest BCUT2D eigenvalue weighted by Gasteiger charge is 2.23. The van der Waals surface area contributed by atoms with Gasteiger partial charge in [-0.15, -0.1) is 0 Å². The van der Waals surface area contributed by atoms with Crippen LogP contribution in [-0.4, -0.2) is 18.0 Å². The number of rotatable bonds is 4. The van der Waals surface area contributed by atoms with E-state index in [9.17, 15) is 10.1 Å². The molecule has 24 heavy (non-hydrogen) atoms. The number of ether oxygens (including phenoxy) is 1. The summed E-state index contributed by atoms with van der Waals surface area (Å²) in [5, 5.41) is 13.1. The number of benzene rings is 2. The Bertz CT molecular complexity index is 931. The van der Waals surface area contributed by atoms with E-state index >= 15 is 0 Å². The molecule has 0 radical (unpaired) electrons. The first-order chi connectivity index (χ1) is 11.7. The van der Waals surface area contributed by atoms with Crippen LogP contribution in [0.5, 0.6) is 5.75 Å². The average molecular weight is 317 g/mol. The maximum absolute atomic E-state index is 12.5. The SMILES string of the molecule is COc1ccccc1NC(=O)[C@H](C#N)c1ccc2ccccc2n1. The molecule has 0 fully saturated rings. The molecule has 0 unspecified atom stereocenters. The second-order valence-electron chi connectivity index (χ2n) is 5.18. The van der Waals surface area contributed by atoms with Crippen molar-refractivity contribution in [3.05, 3.63) is 66.4 Å². The van der Waals surface area contributed by atoms with Crippen LogP contribution in [0.4, 0.5) is 5.69 Å². The molecule has 0 aliphatic rings. The standard InChI is InChI=1S/C19H15N3O2/c1-24-18-9-5-4-8-17(18)22-19(23)14(12-20)16-11-10-13-6-2-3-7-15(13)21-16/h2-11,14H,1H3,(H,22,23)/t14-/m1/s1. The molecule has 2 aromatic carbocycles. The lowest BCUT2D eigenvalue weighted by Crippen LogP contribution is -2.21. The van der Waals surface area contributed by atoms with Crippen LogP contribution in [-0.2, 0) is 4.79 Å². The van der Waals surface area contributed by atoms with Crippen LogP contribution in [0.2, 0.25) is 0 Å². The largest absolute Gasteiger partial charge is 0.495 e. The van der Waals surface area contributed by atoms with Crippen LogP contribution >= 0.6 is 0 Å². The third-order valence-corrected chi connectivity index (χ3v) is 3.67. The zero-order valence-electron chi connectivity index (χ0n) is 13.1. The number of anilines is 1. The smallest absolute Gasteiger partial charge is 0.247 e. The number of carbonyl (C=O) groups excluding carboxylic acids is 1. The lowest BCUT2D eigenvalue weighted by molar-refractivity contribution is -0.116. The van der Waals surface area contributed by atoms with Gasteiger partial charge in [0.25, 0.3) is 0 Å². The molecular formula is C19H15N3O2. The number of methoxy groups -OCH3 is 1. The van der Waals surface area contributed by atoms with Gasteiger partial charge in [-0.2, -0.15) is 5.26 Å². The molecule has 118 valence electrons. The van der Waals surface area contributed by atoms with Gasteiger partial charge in [0.15, 0.2) is 5.92 Å². The van der Waals surface area contributed by atoms with E-state index in [1.165, 1.54) is 7.11 Å². The first kappa shape index (κ1) is 15.5. The van der Waals surface area contributed by atoms with Crippen molar-refractivity contribution in [3.8, 4) is 11.8 Å². The van der Waals surface area contributed by atoms with Crippen molar-refractivity contribution in [3.63, 3.8) is 0 Å². The Balaban J connectivity index is 1.89. The zero-order chi connectivity index (χ0) is 16.9. The van der Waals surface area contributed by atoms with Crippen molar-refractivity contribution in [1.29, 1.82) is 5.26 Å². The van der Waals surface area contributed by atoms with Gasteiger partial charge in [-0.3, -0.25) is 9.78 Å². The van der Waals surface area contributed by atoms with Crippen molar-refractivity contribution < 1.29 is 9.53 Å². The molecule has 5 heteroatoms. The molecule has 1 aromatic heterocycles. The second-order valence-corrected chi connectivity index (χ2v) is 5.18. The fraction of sp³-hybridized carbons (Fsp3) is 0.105. The number of aromatic nitrogens is 1. The Morgan fingerprint density at radius 2 is 1.88 bits per heavy atom. The van der Waals surface area contributed by atoms with E-state index in [1.807, 2.05) is 36.4 Å². The fourth-order valence-electron chi connectivity index (χ4n) is 2.45. The van der Waals surface area contributed by atoms with Gasteiger partial charge in [-0.1, -0.05) is 36.4 Å². The molecule has 3 aromatic rings. The minimum atomic E-state index is -1.00. The van der Waals surface area contributed by atoms with Gasteiger partial charge in [0, 0.05) is 5.39 Å². The van der Waals surface area contributed by atoms with Crippen LogP contribution in [0.25, 0.3) is 10.9 Å². The van der Waals surface area contributed by atoms with Crippen LogP contribution in [0.3, 0.4) is 0 Å². The van der Waals surface area contributed by atoms with Crippen LogP contribution < -0.4 is 10.1 Å². The monoisotopic (exact) mass is 317 g/mol. The molecule has 1 amide bonds. The van der Waals surface area contributed by atoms with Gasteiger partial charge in [-0.25, -0.2) is 0 Å². The van der Waals surface area contributed by atoms with Crippen molar-refractivity contribution in [2.75, 3.05) is 12.4 Å². The molecule has 3 rings (SSSR count). The van der Waals surface area contributed by atoms with Crippen molar-refractivity contribution in [2.45, 2.75) is 5.92 Å². The maximum Gasteiger partial charge on any atom is 0.247 e. The molecular weight excluding hydrogens is 302 g/mol. The third-order valence-electron chi connectivity index (χ3n) is 3.67. The quantitative estimate of drug-likeness (QED) is 0.799. The minimum Gasteiger partial charge on any atom is -0.495 e. The fourth-order valence-corrected chi connectivity index (χ4v) is 2.45. The lowest BCUT2D eigenvalue weighted by Gasteiger charge is -2.13. The molecule has 0 bridgehead atoms. The van der Waals surface area contributed by atoms with Crippen LogP contribution in [0, 0.1) is 11.3 Å². The lowest BCUT2D eigenvalue weighted by atomic mass is 10.0. The topological polar surface area (TPSA) is 75.0 Å². The zero-order valence-corrected chi connectivity index (χ0v) is 13.1. The summed E-state index contributed by atoms with van der Waals surface area (Å²) in [6.07, 6.45) is 0. The molecule has 0 spiro atoms. The first-order valence-electron chi connectivity index (χ1n) is 7.42. The highest BCUT2D eigenvalue weighted by Crippen LogP contribution is 2.25. The summed E-state index contributed by atoms with van der Waals surface area (Å²) >= 11 is 0. The molecule has 1 atom stereocenters. The first-order valence-corrected chi connectivity index (χ1v) is 7.42. The summed E-state index contributed by atoms with van der Waals surface area (Å²) in [5.41, 5.74) is 1.69. The summed E-state index contributed by atoms with van der Waals surface area (Å²) in [7, 11) is 1.53. The number of fused-ring (bicyclic) bond motifs is 1. The predicted molar refractivity (Wildman–Crippen MR) is 91.7 cm³/mol. The third kappa shape index (κ3) is 3.03. The highest BCUT2D eigenvalue weighted by atomic mass is 16.5. The number of hydrogen-bond acceptors (Lipinski definition) is 4. The van der Waals surface area contributed by atoms with E-state index in [0.717, 1.165) is 10.9 Å². The molecule has 0 saturated carbocycles. The summed E-state index contributed by atoms with van der Waals surface area (Å²) in [6, 6.07) is 20.2. The normalized spacial score (nSPS) is 11.5. The number of amides is 1. The van der Waals surface area contributed by atoms with Crippen molar-refractivity contribution >= 4 is 22.5 Å². The number of carbonyl (C=O) groups is 1. The molecule has 0 saturated heterocycles. The Kier molecular flexibility index (Phi) is 4.39. The van der Waals surface area contributed by atoms with Crippen LogP contribution in [0.1, 0.15) is 11.6 Å². The Morgan fingerprint density at radius 1 is 1.12 bits per heavy atom. The van der Waals surface area contributed by atoms with Gasteiger partial charge in [0.1, 0.15) is 5.75 Å². The minimum absolute atomic E-state index is 0.420. The Labute approximate surface area is 139 Å². The maximum atomic E-state index is 12.5. The number of nitriles is 1. The van der Waals surface area contributed by atoms with Gasteiger partial charge in [-0.05, 0) is 24.3 Å². The highest BCUT2D eigenvalue weighted by molar-refractivity contribution is 5.98. The van der Waals surface area contributed by atoms with E-state index in [0.29, 0.717) is 17.1 Å². The summed E-state index contributed by atoms with van der Waals surface area (Å²) < 4.78 is 5.21. The van der Waals surface area contributed by atoms with E-state index in [2.05, 4.69) is 10.3 Å². The summed E-state index contributed by atoms with van der Waals surface area (Å²) in [6.45, 7) is 0. The number of pyridine rings is 1. The second kappa shape index (κ2) is 6.80. The van der Waals surface area contributed by atoms with Gasteiger partial charge < -0.3 is 10.1 Å². The summed E-state index contributed by atoms with van der Waals surface area (Å²) in [4.78, 5) is 17.0. The molecule has 1 N–H and O–H groups in total. The predicted octanol–water partition coefficient (Wildman–Crippen LogP) is 3.49. The van der Waals surface area contributed by atoms with E-state index in [-0.39, 0.29) is 0 Å². The van der Waals surface area contributed by atoms with E-state index < -0.39 is 11.8 Å². The molecule has 1 heterocycles. The Morgan fingerprint density at radius 3 is 2.67 bits per heavy atom. The van der Waals surface area contributed by atoms with Gasteiger partial charge in [0.05, 0.1) is 30.1 Å². The van der Waals surface area contributed by atoms with E-state index in [4.69, 9.17) is 4.74 Å².